The summed E-state index contributed by atoms with van der Waals surface area (Å²) in [6.07, 6.45) is 1.08. The molecule has 0 bridgehead atoms. The molecular formula is C14H19NO3. The summed E-state index contributed by atoms with van der Waals surface area (Å²) in [5.41, 5.74) is 1.25. The van der Waals surface area contributed by atoms with Crippen LogP contribution < -0.4 is 0 Å². The van der Waals surface area contributed by atoms with Gasteiger partial charge in [-0.3, -0.25) is 4.79 Å². The number of carbonyl (C=O) groups is 2. The lowest BCUT2D eigenvalue weighted by Gasteiger charge is -2.21. The van der Waals surface area contributed by atoms with Crippen LogP contribution in [-0.2, 0) is 11.2 Å². The molecule has 0 radical (unpaired) electrons. The Labute approximate surface area is 107 Å². The molecule has 18 heavy (non-hydrogen) atoms. The van der Waals surface area contributed by atoms with E-state index in [2.05, 4.69) is 0 Å². The number of aryl methyl sites for hydroxylation is 1. The number of carboxylic acids is 1. The van der Waals surface area contributed by atoms with Crippen molar-refractivity contribution in [2.45, 2.75) is 32.7 Å². The van der Waals surface area contributed by atoms with Crippen LogP contribution in [0.4, 0.5) is 0 Å². The summed E-state index contributed by atoms with van der Waals surface area (Å²) in [6.45, 7) is 3.94. The second kappa shape index (κ2) is 6.19. The van der Waals surface area contributed by atoms with Gasteiger partial charge in [-0.05, 0) is 38.0 Å². The molecule has 98 valence electrons. The molecule has 1 amide bonds. The first-order chi connectivity index (χ1) is 8.41. The molecule has 1 rings (SSSR count). The number of benzene rings is 1. The highest BCUT2D eigenvalue weighted by atomic mass is 16.4. The third kappa shape index (κ3) is 3.87. The zero-order valence-electron chi connectivity index (χ0n) is 11.0. The van der Waals surface area contributed by atoms with E-state index in [0.717, 1.165) is 5.56 Å². The van der Waals surface area contributed by atoms with Gasteiger partial charge in [0.2, 0.25) is 5.91 Å². The first kappa shape index (κ1) is 14.2. The molecule has 0 spiro atoms. The lowest BCUT2D eigenvalue weighted by molar-refractivity contribution is -0.131. The second-order valence-electron chi connectivity index (χ2n) is 4.60. The number of carboxylic acid groups (broad SMARTS) is 1. The largest absolute Gasteiger partial charge is 0.478 e. The molecule has 1 aromatic carbocycles. The molecule has 1 N–H and O–H groups in total. The molecule has 0 saturated heterocycles. The molecule has 0 aliphatic carbocycles. The van der Waals surface area contributed by atoms with Gasteiger partial charge in [-0.25, -0.2) is 4.79 Å². The molecule has 0 heterocycles. The van der Waals surface area contributed by atoms with Crippen LogP contribution >= 0.6 is 0 Å². The fourth-order valence-corrected chi connectivity index (χ4v) is 1.53. The van der Waals surface area contributed by atoms with Crippen LogP contribution in [0.1, 0.15) is 36.2 Å². The molecule has 1 aromatic rings. The normalized spacial score (nSPS) is 10.4. The summed E-state index contributed by atoms with van der Waals surface area (Å²) in [4.78, 5) is 24.2. The fourth-order valence-electron chi connectivity index (χ4n) is 1.53. The number of amides is 1. The van der Waals surface area contributed by atoms with Crippen LogP contribution in [0.25, 0.3) is 0 Å². The summed E-state index contributed by atoms with van der Waals surface area (Å²) >= 11 is 0. The van der Waals surface area contributed by atoms with E-state index in [1.165, 1.54) is 0 Å². The molecule has 0 unspecified atom stereocenters. The van der Waals surface area contributed by atoms with Gasteiger partial charge in [0.25, 0.3) is 0 Å². The third-order valence-electron chi connectivity index (χ3n) is 3.00. The van der Waals surface area contributed by atoms with Gasteiger partial charge in [-0.1, -0.05) is 12.1 Å². The average Bonchev–Trinajstić information content (AvgIpc) is 2.35. The Morgan fingerprint density at radius 1 is 1.22 bits per heavy atom. The molecule has 0 aliphatic rings. The molecule has 0 aliphatic heterocycles. The Morgan fingerprint density at radius 2 is 1.78 bits per heavy atom. The van der Waals surface area contributed by atoms with Gasteiger partial charge >= 0.3 is 5.97 Å². The summed E-state index contributed by atoms with van der Waals surface area (Å²) in [5, 5.41) is 8.77. The maximum absolute atomic E-state index is 11.8. The van der Waals surface area contributed by atoms with Crippen molar-refractivity contribution < 1.29 is 14.7 Å². The van der Waals surface area contributed by atoms with Gasteiger partial charge in [0, 0.05) is 19.5 Å². The number of hydrogen-bond acceptors (Lipinski definition) is 2. The third-order valence-corrected chi connectivity index (χ3v) is 3.00. The fraction of sp³-hybridized carbons (Fsp3) is 0.429. The number of aromatic carboxylic acids is 1. The van der Waals surface area contributed by atoms with E-state index in [9.17, 15) is 9.59 Å². The van der Waals surface area contributed by atoms with Gasteiger partial charge in [-0.2, -0.15) is 0 Å². The van der Waals surface area contributed by atoms with Crippen LogP contribution in [0.2, 0.25) is 0 Å². The Balaban J connectivity index is 2.54. The van der Waals surface area contributed by atoms with Crippen LogP contribution in [0, 0.1) is 0 Å². The van der Waals surface area contributed by atoms with Crippen LogP contribution in [-0.4, -0.2) is 35.0 Å². The Bertz CT molecular complexity index is 423. The lowest BCUT2D eigenvalue weighted by Crippen LogP contribution is -2.33. The Morgan fingerprint density at radius 3 is 2.22 bits per heavy atom. The SMILES string of the molecule is CC(C)N(C)C(=O)CCc1ccc(C(=O)O)cc1. The van der Waals surface area contributed by atoms with Crippen molar-refractivity contribution in [2.24, 2.45) is 0 Å². The molecule has 0 aromatic heterocycles. The molecular weight excluding hydrogens is 230 g/mol. The highest BCUT2D eigenvalue weighted by molar-refractivity contribution is 5.87. The molecule has 4 nitrogen and oxygen atoms in total. The van der Waals surface area contributed by atoms with Crippen molar-refractivity contribution in [3.63, 3.8) is 0 Å². The monoisotopic (exact) mass is 249 g/mol. The van der Waals surface area contributed by atoms with E-state index < -0.39 is 5.97 Å². The van der Waals surface area contributed by atoms with E-state index in [0.29, 0.717) is 12.8 Å². The van der Waals surface area contributed by atoms with Gasteiger partial charge in [0.05, 0.1) is 5.56 Å². The van der Waals surface area contributed by atoms with E-state index in [1.54, 1.807) is 36.2 Å². The molecule has 0 fully saturated rings. The topological polar surface area (TPSA) is 57.6 Å². The minimum absolute atomic E-state index is 0.104. The van der Waals surface area contributed by atoms with Crippen molar-refractivity contribution >= 4 is 11.9 Å². The van der Waals surface area contributed by atoms with Crippen LogP contribution in [0.15, 0.2) is 24.3 Å². The Kier molecular flexibility index (Phi) is 4.89. The lowest BCUT2D eigenvalue weighted by atomic mass is 10.1. The second-order valence-corrected chi connectivity index (χ2v) is 4.60. The standard InChI is InChI=1S/C14H19NO3/c1-10(2)15(3)13(16)9-6-11-4-7-12(8-5-11)14(17)18/h4-5,7-8,10H,6,9H2,1-3H3,(H,17,18). The van der Waals surface area contributed by atoms with E-state index in [-0.39, 0.29) is 17.5 Å². The first-order valence-electron chi connectivity index (χ1n) is 5.99. The maximum atomic E-state index is 11.8. The average molecular weight is 249 g/mol. The van der Waals surface area contributed by atoms with E-state index >= 15 is 0 Å². The molecule has 0 atom stereocenters. The summed E-state index contributed by atoms with van der Waals surface area (Å²) in [6, 6.07) is 6.84. The Hall–Kier alpha value is -1.84. The summed E-state index contributed by atoms with van der Waals surface area (Å²) < 4.78 is 0. The number of carbonyl (C=O) groups excluding carboxylic acids is 1. The zero-order valence-corrected chi connectivity index (χ0v) is 11.0. The van der Waals surface area contributed by atoms with Crippen molar-refractivity contribution in [3.05, 3.63) is 35.4 Å². The highest BCUT2D eigenvalue weighted by Gasteiger charge is 2.11. The first-order valence-corrected chi connectivity index (χ1v) is 5.99. The van der Waals surface area contributed by atoms with Crippen molar-refractivity contribution in [1.82, 2.24) is 4.90 Å². The number of nitrogens with zero attached hydrogens (tertiary/aromatic N) is 1. The maximum Gasteiger partial charge on any atom is 0.335 e. The highest BCUT2D eigenvalue weighted by Crippen LogP contribution is 2.08. The quantitative estimate of drug-likeness (QED) is 0.870. The van der Waals surface area contributed by atoms with Gasteiger partial charge < -0.3 is 10.0 Å². The van der Waals surface area contributed by atoms with Crippen molar-refractivity contribution in [1.29, 1.82) is 0 Å². The zero-order chi connectivity index (χ0) is 13.7. The predicted molar refractivity (Wildman–Crippen MR) is 69.6 cm³/mol. The van der Waals surface area contributed by atoms with Gasteiger partial charge in [0.1, 0.15) is 0 Å². The summed E-state index contributed by atoms with van der Waals surface area (Å²) in [7, 11) is 1.79. The van der Waals surface area contributed by atoms with E-state index in [4.69, 9.17) is 5.11 Å². The smallest absolute Gasteiger partial charge is 0.335 e. The van der Waals surface area contributed by atoms with Gasteiger partial charge in [-0.15, -0.1) is 0 Å². The van der Waals surface area contributed by atoms with Gasteiger partial charge in [0.15, 0.2) is 0 Å². The van der Waals surface area contributed by atoms with Crippen LogP contribution in [0.3, 0.4) is 0 Å². The van der Waals surface area contributed by atoms with Crippen molar-refractivity contribution in [2.75, 3.05) is 7.05 Å². The minimum atomic E-state index is -0.933. The van der Waals surface area contributed by atoms with Crippen molar-refractivity contribution in [3.8, 4) is 0 Å². The molecule has 0 saturated carbocycles. The molecule has 4 heteroatoms. The number of rotatable bonds is 5. The summed E-state index contributed by atoms with van der Waals surface area (Å²) in [5.74, 6) is -0.829. The number of hydrogen-bond donors (Lipinski definition) is 1. The van der Waals surface area contributed by atoms with Crippen LogP contribution in [0.5, 0.6) is 0 Å². The predicted octanol–water partition coefficient (Wildman–Crippen LogP) is 2.18. The van der Waals surface area contributed by atoms with E-state index in [1.807, 2.05) is 13.8 Å². The minimum Gasteiger partial charge on any atom is -0.478 e.